The molecule has 2 atom stereocenters. The molecule has 7 heteroatoms. The molecular formula is C19H19N5O2. The number of nitrogens with zero attached hydrogens (tertiary/aromatic N) is 2. The van der Waals surface area contributed by atoms with Crippen LogP contribution in [-0.2, 0) is 11.3 Å². The third kappa shape index (κ3) is 2.93. The first kappa shape index (κ1) is 16.3. The maximum Gasteiger partial charge on any atom is 0.266 e. The lowest BCUT2D eigenvalue weighted by atomic mass is 9.97. The van der Waals surface area contributed by atoms with Gasteiger partial charge in [-0.3, -0.25) is 9.89 Å². The number of hydrogen-bond acceptors (Lipinski definition) is 5. The minimum atomic E-state index is -0.535. The Balaban J connectivity index is 1.45. The van der Waals surface area contributed by atoms with E-state index in [1.54, 1.807) is 0 Å². The molecule has 0 fully saturated rings. The van der Waals surface area contributed by atoms with Crippen molar-refractivity contribution in [3.05, 3.63) is 59.9 Å². The molecule has 3 aromatic rings. The largest absolute Gasteiger partial charge is 0.480 e. The van der Waals surface area contributed by atoms with Crippen molar-refractivity contribution in [2.45, 2.75) is 25.5 Å². The van der Waals surface area contributed by atoms with Crippen LogP contribution in [0.1, 0.15) is 24.2 Å². The van der Waals surface area contributed by atoms with Crippen molar-refractivity contribution in [1.29, 1.82) is 0 Å². The van der Waals surface area contributed by atoms with Crippen molar-refractivity contribution in [2.75, 3.05) is 5.32 Å². The van der Waals surface area contributed by atoms with Gasteiger partial charge in [-0.05, 0) is 30.3 Å². The molecule has 132 valence electrons. The molecule has 1 amide bonds. The summed E-state index contributed by atoms with van der Waals surface area (Å²) in [5, 5.41) is 9.81. The third-order valence-electron chi connectivity index (χ3n) is 4.51. The number of hydrogen-bond donors (Lipinski definition) is 3. The molecule has 0 unspecified atom stereocenters. The molecule has 1 aromatic heterocycles. The number of nitrogens with one attached hydrogen (secondary N) is 2. The fourth-order valence-electron chi connectivity index (χ4n) is 3.08. The highest BCUT2D eigenvalue weighted by Crippen LogP contribution is 2.38. The summed E-state index contributed by atoms with van der Waals surface area (Å²) in [4.78, 5) is 16.9. The molecule has 2 heterocycles. The highest BCUT2D eigenvalue weighted by atomic mass is 16.5. The number of anilines is 1. The summed E-state index contributed by atoms with van der Waals surface area (Å²) in [6, 6.07) is 15.1. The highest BCUT2D eigenvalue weighted by Gasteiger charge is 2.36. The molecule has 0 saturated heterocycles. The fraction of sp³-hybridized carbons (Fsp3) is 0.211. The summed E-state index contributed by atoms with van der Waals surface area (Å²) in [7, 11) is 0. The van der Waals surface area contributed by atoms with Crippen LogP contribution in [0, 0.1) is 0 Å². The van der Waals surface area contributed by atoms with Crippen LogP contribution in [0.5, 0.6) is 5.75 Å². The van der Waals surface area contributed by atoms with Crippen LogP contribution in [0.25, 0.3) is 11.4 Å². The van der Waals surface area contributed by atoms with E-state index in [4.69, 9.17) is 10.5 Å². The van der Waals surface area contributed by atoms with Gasteiger partial charge < -0.3 is 15.8 Å². The van der Waals surface area contributed by atoms with Crippen molar-refractivity contribution in [1.82, 2.24) is 15.2 Å². The second-order valence-corrected chi connectivity index (χ2v) is 6.24. The monoisotopic (exact) mass is 349 g/mol. The quantitative estimate of drug-likeness (QED) is 0.671. The van der Waals surface area contributed by atoms with Gasteiger partial charge in [-0.25, -0.2) is 4.98 Å². The number of benzene rings is 2. The summed E-state index contributed by atoms with van der Waals surface area (Å²) in [5.41, 5.74) is 8.13. The van der Waals surface area contributed by atoms with Crippen molar-refractivity contribution < 1.29 is 9.53 Å². The van der Waals surface area contributed by atoms with Crippen molar-refractivity contribution in [3.8, 4) is 17.1 Å². The second kappa shape index (κ2) is 6.61. The van der Waals surface area contributed by atoms with Crippen LogP contribution in [0.2, 0.25) is 0 Å². The minimum absolute atomic E-state index is 0.00779. The number of carbonyl (C=O) groups is 1. The van der Waals surface area contributed by atoms with Crippen LogP contribution in [-0.4, -0.2) is 27.2 Å². The van der Waals surface area contributed by atoms with E-state index in [-0.39, 0.29) is 11.8 Å². The van der Waals surface area contributed by atoms with E-state index in [1.807, 2.05) is 55.5 Å². The van der Waals surface area contributed by atoms with Crippen molar-refractivity contribution in [2.24, 2.45) is 5.73 Å². The van der Waals surface area contributed by atoms with Crippen molar-refractivity contribution >= 4 is 11.6 Å². The van der Waals surface area contributed by atoms with Crippen molar-refractivity contribution in [3.63, 3.8) is 0 Å². The van der Waals surface area contributed by atoms with E-state index in [9.17, 15) is 4.79 Å². The molecule has 4 rings (SSSR count). The van der Waals surface area contributed by atoms with Gasteiger partial charge in [0.15, 0.2) is 11.9 Å². The van der Waals surface area contributed by atoms with Crippen LogP contribution in [0.4, 0.5) is 5.69 Å². The first-order valence-corrected chi connectivity index (χ1v) is 8.44. The number of amides is 1. The molecule has 7 nitrogen and oxygen atoms in total. The van der Waals surface area contributed by atoms with Gasteiger partial charge in [-0.15, -0.1) is 0 Å². The molecule has 0 bridgehead atoms. The first-order valence-electron chi connectivity index (χ1n) is 8.44. The Labute approximate surface area is 150 Å². The zero-order valence-electron chi connectivity index (χ0n) is 14.3. The van der Waals surface area contributed by atoms with Crippen LogP contribution in [0.15, 0.2) is 48.5 Å². The molecule has 26 heavy (non-hydrogen) atoms. The molecule has 1 aliphatic rings. The normalized spacial score (nSPS) is 18.2. The molecule has 2 aromatic carbocycles. The summed E-state index contributed by atoms with van der Waals surface area (Å²) < 4.78 is 5.81. The average Bonchev–Trinajstić information content (AvgIpc) is 3.28. The number of carbonyl (C=O) groups excluding carboxylic acids is 1. The number of para-hydroxylation sites is 1. The maximum absolute atomic E-state index is 12.6. The van der Waals surface area contributed by atoms with Gasteiger partial charge in [0.25, 0.3) is 5.91 Å². The first-order chi connectivity index (χ1) is 12.7. The summed E-state index contributed by atoms with van der Waals surface area (Å²) in [5.74, 6) is 1.82. The van der Waals surface area contributed by atoms with E-state index in [2.05, 4.69) is 20.5 Å². The Morgan fingerprint density at radius 3 is 2.69 bits per heavy atom. The lowest BCUT2D eigenvalue weighted by molar-refractivity contribution is -0.122. The standard InChI is InChI=1S/C19H19N5O2/c1-11-14-4-2-3-5-15(14)26-17(11)19(25)21-13-8-6-12(7-9-13)18-22-16(10-20)23-24-18/h2-9,11,17H,10,20H2,1H3,(H,21,25)(H,22,23,24)/t11-,17-/m0/s1. The second-order valence-electron chi connectivity index (χ2n) is 6.24. The summed E-state index contributed by atoms with van der Waals surface area (Å²) in [6.07, 6.45) is -0.535. The lowest BCUT2D eigenvalue weighted by Crippen LogP contribution is -2.33. The highest BCUT2D eigenvalue weighted by molar-refractivity contribution is 5.95. The van der Waals surface area contributed by atoms with Crippen LogP contribution in [0.3, 0.4) is 0 Å². The molecular weight excluding hydrogens is 330 g/mol. The maximum atomic E-state index is 12.6. The molecule has 4 N–H and O–H groups in total. The van der Waals surface area contributed by atoms with Crippen LogP contribution >= 0.6 is 0 Å². The molecule has 0 spiro atoms. The van der Waals surface area contributed by atoms with E-state index in [0.29, 0.717) is 23.9 Å². The summed E-state index contributed by atoms with van der Waals surface area (Å²) in [6.45, 7) is 2.31. The Kier molecular flexibility index (Phi) is 4.14. The number of aromatic nitrogens is 3. The molecule has 0 aliphatic carbocycles. The van der Waals surface area contributed by atoms with Crippen LogP contribution < -0.4 is 15.8 Å². The number of fused-ring (bicyclic) bond motifs is 1. The Morgan fingerprint density at radius 1 is 1.23 bits per heavy atom. The smallest absolute Gasteiger partial charge is 0.266 e. The Hall–Kier alpha value is -3.19. The van der Waals surface area contributed by atoms with Gasteiger partial charge >= 0.3 is 0 Å². The summed E-state index contributed by atoms with van der Waals surface area (Å²) >= 11 is 0. The number of H-pyrrole nitrogens is 1. The van der Waals surface area contributed by atoms with Gasteiger partial charge in [0.05, 0.1) is 6.54 Å². The molecule has 0 saturated carbocycles. The lowest BCUT2D eigenvalue weighted by Gasteiger charge is -2.15. The fourth-order valence-corrected chi connectivity index (χ4v) is 3.08. The third-order valence-corrected chi connectivity index (χ3v) is 4.51. The average molecular weight is 349 g/mol. The SMILES string of the molecule is C[C@H]1c2ccccc2O[C@@H]1C(=O)Nc1ccc(-c2n[nH]c(CN)n2)cc1. The topological polar surface area (TPSA) is 106 Å². The molecule has 1 aliphatic heterocycles. The zero-order valence-corrected chi connectivity index (χ0v) is 14.3. The van der Waals surface area contributed by atoms with Gasteiger partial charge in [0.2, 0.25) is 0 Å². The minimum Gasteiger partial charge on any atom is -0.480 e. The molecule has 0 radical (unpaired) electrons. The van der Waals surface area contributed by atoms with Gasteiger partial charge in [-0.1, -0.05) is 25.1 Å². The van der Waals surface area contributed by atoms with Gasteiger partial charge in [0.1, 0.15) is 11.6 Å². The zero-order chi connectivity index (χ0) is 18.1. The predicted octanol–water partition coefficient (Wildman–Crippen LogP) is 2.43. The number of rotatable bonds is 4. The number of aromatic amines is 1. The van der Waals surface area contributed by atoms with Gasteiger partial charge in [0, 0.05) is 22.7 Å². The van der Waals surface area contributed by atoms with E-state index < -0.39 is 6.10 Å². The Bertz CT molecular complexity index is 935. The van der Waals surface area contributed by atoms with E-state index >= 15 is 0 Å². The number of nitrogens with two attached hydrogens (primary N) is 1. The predicted molar refractivity (Wildman–Crippen MR) is 97.6 cm³/mol. The van der Waals surface area contributed by atoms with E-state index in [1.165, 1.54) is 0 Å². The van der Waals surface area contributed by atoms with E-state index in [0.717, 1.165) is 16.9 Å². The number of ether oxygens (including phenoxy) is 1. The Morgan fingerprint density at radius 2 is 2.00 bits per heavy atom. The van der Waals surface area contributed by atoms with Gasteiger partial charge in [-0.2, -0.15) is 5.10 Å².